The fourth-order valence-electron chi connectivity index (χ4n) is 3.21. The first-order valence-electron chi connectivity index (χ1n) is 9.76. The van der Waals surface area contributed by atoms with Crippen molar-refractivity contribution in [2.45, 2.75) is 33.1 Å². The standard InChI is InChI=1S/C20H30N4O3/c1-3-22(4-2)11-9-20(27)24-14-12-23(13-15-24)19(26)8-7-18(25)17-6-5-10-21-16-17/h5-6,10,16H,3-4,7-9,11-15H2,1-2H3. The zero-order chi connectivity index (χ0) is 19.6. The Morgan fingerprint density at radius 1 is 0.963 bits per heavy atom. The maximum atomic E-state index is 12.4. The fraction of sp³-hybridized carbons (Fsp3) is 0.600. The van der Waals surface area contributed by atoms with E-state index < -0.39 is 0 Å². The minimum atomic E-state index is -0.0679. The minimum Gasteiger partial charge on any atom is -0.339 e. The lowest BCUT2D eigenvalue weighted by Gasteiger charge is -2.35. The van der Waals surface area contributed by atoms with Gasteiger partial charge in [0, 0.05) is 69.9 Å². The molecule has 2 rings (SSSR count). The van der Waals surface area contributed by atoms with Gasteiger partial charge in [-0.25, -0.2) is 0 Å². The zero-order valence-corrected chi connectivity index (χ0v) is 16.4. The predicted octanol–water partition coefficient (Wildman–Crippen LogP) is 1.45. The van der Waals surface area contributed by atoms with Gasteiger partial charge in [-0.3, -0.25) is 19.4 Å². The van der Waals surface area contributed by atoms with Crippen LogP contribution in [0.15, 0.2) is 24.5 Å². The molecule has 1 aliphatic rings. The number of carbonyl (C=O) groups excluding carboxylic acids is 3. The number of piperazine rings is 1. The predicted molar refractivity (Wildman–Crippen MR) is 103 cm³/mol. The number of rotatable bonds is 9. The summed E-state index contributed by atoms with van der Waals surface area (Å²) in [4.78, 5) is 46.5. The molecule has 1 aliphatic heterocycles. The third kappa shape index (κ3) is 6.43. The van der Waals surface area contributed by atoms with Gasteiger partial charge in [-0.1, -0.05) is 13.8 Å². The van der Waals surface area contributed by atoms with E-state index in [4.69, 9.17) is 0 Å². The molecule has 2 heterocycles. The topological polar surface area (TPSA) is 73.8 Å². The van der Waals surface area contributed by atoms with Crippen molar-refractivity contribution >= 4 is 17.6 Å². The van der Waals surface area contributed by atoms with Crippen LogP contribution >= 0.6 is 0 Å². The van der Waals surface area contributed by atoms with E-state index in [1.54, 1.807) is 23.2 Å². The van der Waals surface area contributed by atoms with Crippen LogP contribution in [0, 0.1) is 0 Å². The van der Waals surface area contributed by atoms with E-state index in [-0.39, 0.29) is 30.4 Å². The van der Waals surface area contributed by atoms with Crippen LogP contribution in [0.5, 0.6) is 0 Å². The quantitative estimate of drug-likeness (QED) is 0.612. The molecule has 148 valence electrons. The summed E-state index contributed by atoms with van der Waals surface area (Å²) in [5.74, 6) is 0.0601. The normalized spacial score (nSPS) is 14.5. The van der Waals surface area contributed by atoms with Crippen LogP contribution in [-0.4, -0.2) is 83.1 Å². The van der Waals surface area contributed by atoms with Crippen LogP contribution < -0.4 is 0 Å². The first-order chi connectivity index (χ1) is 13.0. The van der Waals surface area contributed by atoms with E-state index in [2.05, 4.69) is 23.7 Å². The summed E-state index contributed by atoms with van der Waals surface area (Å²) in [5, 5.41) is 0. The number of ketones is 1. The highest BCUT2D eigenvalue weighted by Gasteiger charge is 2.24. The molecule has 1 saturated heterocycles. The van der Waals surface area contributed by atoms with E-state index >= 15 is 0 Å². The van der Waals surface area contributed by atoms with Gasteiger partial charge in [0.05, 0.1) is 0 Å². The van der Waals surface area contributed by atoms with Crippen molar-refractivity contribution in [1.82, 2.24) is 19.7 Å². The molecule has 0 aromatic carbocycles. The summed E-state index contributed by atoms with van der Waals surface area (Å²) >= 11 is 0. The Kier molecular flexibility index (Phi) is 8.39. The molecule has 7 nitrogen and oxygen atoms in total. The van der Waals surface area contributed by atoms with Gasteiger partial charge in [0.25, 0.3) is 0 Å². The summed E-state index contributed by atoms with van der Waals surface area (Å²) in [6.07, 6.45) is 4.05. The molecule has 27 heavy (non-hydrogen) atoms. The molecule has 1 aromatic heterocycles. The lowest BCUT2D eigenvalue weighted by Crippen LogP contribution is -2.51. The molecule has 0 unspecified atom stereocenters. The Hall–Kier alpha value is -2.28. The van der Waals surface area contributed by atoms with Crippen LogP contribution in [0.2, 0.25) is 0 Å². The summed E-state index contributed by atoms with van der Waals surface area (Å²) < 4.78 is 0. The lowest BCUT2D eigenvalue weighted by molar-refractivity contribution is -0.139. The highest BCUT2D eigenvalue weighted by atomic mass is 16.2. The first-order valence-corrected chi connectivity index (χ1v) is 9.76. The van der Waals surface area contributed by atoms with Gasteiger partial charge in [0.1, 0.15) is 0 Å². The molecule has 0 spiro atoms. The van der Waals surface area contributed by atoms with Gasteiger partial charge in [-0.15, -0.1) is 0 Å². The van der Waals surface area contributed by atoms with Gasteiger partial charge in [-0.2, -0.15) is 0 Å². The number of Topliss-reactive ketones (excluding diaryl/α,β-unsaturated/α-hetero) is 1. The third-order valence-corrected chi connectivity index (χ3v) is 5.07. The minimum absolute atomic E-state index is 0.0255. The van der Waals surface area contributed by atoms with Crippen LogP contribution in [0.25, 0.3) is 0 Å². The van der Waals surface area contributed by atoms with E-state index in [9.17, 15) is 14.4 Å². The van der Waals surface area contributed by atoms with Gasteiger partial charge in [0.15, 0.2) is 5.78 Å². The smallest absolute Gasteiger partial charge is 0.223 e. The number of carbonyl (C=O) groups is 3. The summed E-state index contributed by atoms with van der Waals surface area (Å²) in [6, 6.07) is 3.42. The van der Waals surface area contributed by atoms with E-state index in [0.29, 0.717) is 38.2 Å². The molecule has 7 heteroatoms. The summed E-state index contributed by atoms with van der Waals surface area (Å²) in [7, 11) is 0. The monoisotopic (exact) mass is 374 g/mol. The summed E-state index contributed by atoms with van der Waals surface area (Å²) in [6.45, 7) is 9.08. The van der Waals surface area contributed by atoms with Crippen molar-refractivity contribution in [3.8, 4) is 0 Å². The second kappa shape index (κ2) is 10.8. The first kappa shape index (κ1) is 21.0. The number of amides is 2. The largest absolute Gasteiger partial charge is 0.339 e. The molecule has 2 amide bonds. The van der Waals surface area contributed by atoms with Crippen molar-refractivity contribution in [1.29, 1.82) is 0 Å². The second-order valence-electron chi connectivity index (χ2n) is 6.70. The van der Waals surface area contributed by atoms with Crippen LogP contribution in [0.1, 0.15) is 43.5 Å². The van der Waals surface area contributed by atoms with Crippen molar-refractivity contribution < 1.29 is 14.4 Å². The molecule has 1 fully saturated rings. The number of aromatic nitrogens is 1. The molecule has 0 radical (unpaired) electrons. The van der Waals surface area contributed by atoms with Crippen LogP contribution in [0.3, 0.4) is 0 Å². The van der Waals surface area contributed by atoms with Gasteiger partial charge in [-0.05, 0) is 25.2 Å². The van der Waals surface area contributed by atoms with Crippen molar-refractivity contribution in [2.24, 2.45) is 0 Å². The van der Waals surface area contributed by atoms with E-state index in [1.165, 1.54) is 6.20 Å². The number of hydrogen-bond acceptors (Lipinski definition) is 5. The average Bonchev–Trinajstić information content (AvgIpc) is 2.73. The number of nitrogens with zero attached hydrogens (tertiary/aromatic N) is 4. The molecule has 1 aromatic rings. The maximum Gasteiger partial charge on any atom is 0.223 e. The Labute approximate surface area is 161 Å². The molecule has 0 aliphatic carbocycles. The van der Waals surface area contributed by atoms with Crippen LogP contribution in [0.4, 0.5) is 0 Å². The highest BCUT2D eigenvalue weighted by molar-refractivity contribution is 5.97. The number of hydrogen-bond donors (Lipinski definition) is 0. The van der Waals surface area contributed by atoms with E-state index in [1.807, 2.05) is 4.90 Å². The molecule has 0 N–H and O–H groups in total. The van der Waals surface area contributed by atoms with E-state index in [0.717, 1.165) is 19.6 Å². The van der Waals surface area contributed by atoms with Crippen molar-refractivity contribution in [3.05, 3.63) is 30.1 Å². The highest BCUT2D eigenvalue weighted by Crippen LogP contribution is 2.09. The Morgan fingerprint density at radius 2 is 1.56 bits per heavy atom. The number of pyridine rings is 1. The fourth-order valence-corrected chi connectivity index (χ4v) is 3.21. The SMILES string of the molecule is CCN(CC)CCC(=O)N1CCN(C(=O)CCC(=O)c2cccnc2)CC1. The van der Waals surface area contributed by atoms with Crippen molar-refractivity contribution in [2.75, 3.05) is 45.8 Å². The van der Waals surface area contributed by atoms with Gasteiger partial charge < -0.3 is 14.7 Å². The molecular formula is C20H30N4O3. The average molecular weight is 374 g/mol. The molecule has 0 bridgehead atoms. The zero-order valence-electron chi connectivity index (χ0n) is 16.4. The van der Waals surface area contributed by atoms with Crippen LogP contribution in [-0.2, 0) is 9.59 Å². The molecule has 0 saturated carbocycles. The Morgan fingerprint density at radius 3 is 2.07 bits per heavy atom. The van der Waals surface area contributed by atoms with Gasteiger partial charge in [0.2, 0.25) is 11.8 Å². The summed E-state index contributed by atoms with van der Waals surface area (Å²) in [5.41, 5.74) is 0.536. The lowest BCUT2D eigenvalue weighted by atomic mass is 10.1. The van der Waals surface area contributed by atoms with Gasteiger partial charge >= 0.3 is 0 Å². The maximum absolute atomic E-state index is 12.4. The molecule has 0 atom stereocenters. The molecular weight excluding hydrogens is 344 g/mol. The second-order valence-corrected chi connectivity index (χ2v) is 6.70. The van der Waals surface area contributed by atoms with Crippen molar-refractivity contribution in [3.63, 3.8) is 0 Å². The Bertz CT molecular complexity index is 623. The Balaban J connectivity index is 1.70. The third-order valence-electron chi connectivity index (χ3n) is 5.07.